The maximum absolute atomic E-state index is 10.4. The van der Waals surface area contributed by atoms with Crippen LogP contribution in [0.15, 0.2) is 5.51 Å². The maximum atomic E-state index is 10.4. The molecule has 2 N–H and O–H groups in total. The first-order valence-electron chi connectivity index (χ1n) is 6.60. The Morgan fingerprint density at radius 1 is 1.61 bits per heavy atom. The van der Waals surface area contributed by atoms with Crippen LogP contribution in [-0.4, -0.2) is 53.8 Å². The van der Waals surface area contributed by atoms with E-state index in [2.05, 4.69) is 29.2 Å². The number of hydrogen-bond acceptors (Lipinski definition) is 5. The molecule has 0 bridgehead atoms. The highest BCUT2D eigenvalue weighted by Gasteiger charge is 2.30. The van der Waals surface area contributed by atoms with Gasteiger partial charge < -0.3 is 15.3 Å². The van der Waals surface area contributed by atoms with Crippen molar-refractivity contribution < 1.29 is 5.11 Å². The van der Waals surface area contributed by atoms with E-state index in [-0.39, 0.29) is 0 Å². The Hall–Kier alpha value is -0.490. The highest BCUT2D eigenvalue weighted by Crippen LogP contribution is 2.18. The summed E-state index contributed by atoms with van der Waals surface area (Å²) in [6, 6.07) is 0. The predicted octanol–water partition coefficient (Wildman–Crippen LogP) is 1.04. The zero-order chi connectivity index (χ0) is 13.0. The fourth-order valence-electron chi connectivity index (χ4n) is 2.53. The minimum Gasteiger partial charge on any atom is -0.387 e. The van der Waals surface area contributed by atoms with Crippen molar-refractivity contribution in [2.45, 2.75) is 31.8 Å². The quantitative estimate of drug-likeness (QED) is 0.838. The highest BCUT2D eigenvalue weighted by atomic mass is 32.1. The van der Waals surface area contributed by atoms with Crippen LogP contribution in [0, 0.1) is 6.92 Å². The van der Waals surface area contributed by atoms with Crippen molar-refractivity contribution in [2.75, 3.05) is 33.2 Å². The van der Waals surface area contributed by atoms with Crippen molar-refractivity contribution in [1.29, 1.82) is 0 Å². The Morgan fingerprint density at radius 2 is 2.44 bits per heavy atom. The molecule has 2 heterocycles. The van der Waals surface area contributed by atoms with E-state index in [1.807, 2.05) is 5.51 Å². The van der Waals surface area contributed by atoms with Gasteiger partial charge in [-0.2, -0.15) is 0 Å². The average molecular weight is 269 g/mol. The van der Waals surface area contributed by atoms with Crippen LogP contribution in [0.25, 0.3) is 0 Å². The summed E-state index contributed by atoms with van der Waals surface area (Å²) in [5.74, 6) is 0. The smallest absolute Gasteiger partial charge is 0.0897 e. The molecule has 0 aromatic carbocycles. The Kier molecular flexibility index (Phi) is 4.72. The Bertz CT molecular complexity index is 374. The predicted molar refractivity (Wildman–Crippen MR) is 75.1 cm³/mol. The third-order valence-corrected chi connectivity index (χ3v) is 4.57. The van der Waals surface area contributed by atoms with Gasteiger partial charge in [0.05, 0.1) is 16.8 Å². The van der Waals surface area contributed by atoms with Gasteiger partial charge in [-0.05, 0) is 39.8 Å². The minimum absolute atomic E-state index is 0.546. The summed E-state index contributed by atoms with van der Waals surface area (Å²) in [5.41, 5.74) is 2.50. The van der Waals surface area contributed by atoms with Gasteiger partial charge in [0.2, 0.25) is 0 Å². The van der Waals surface area contributed by atoms with E-state index in [4.69, 9.17) is 0 Å². The zero-order valence-corrected chi connectivity index (χ0v) is 12.1. The average Bonchev–Trinajstić information content (AvgIpc) is 2.72. The molecular weight excluding hydrogens is 246 g/mol. The summed E-state index contributed by atoms with van der Waals surface area (Å²) < 4.78 is 0. The molecule has 0 amide bonds. The molecule has 1 atom stereocenters. The second kappa shape index (κ2) is 6.10. The second-order valence-electron chi connectivity index (χ2n) is 5.35. The molecule has 0 spiro atoms. The molecule has 0 radical (unpaired) electrons. The molecule has 0 saturated carbocycles. The summed E-state index contributed by atoms with van der Waals surface area (Å²) >= 11 is 1.72. The topological polar surface area (TPSA) is 48.4 Å². The molecule has 1 aliphatic heterocycles. The number of aromatic nitrogens is 1. The fraction of sp³-hybridized carbons (Fsp3) is 0.769. The summed E-state index contributed by atoms with van der Waals surface area (Å²) in [7, 11) is 2.09. The lowest BCUT2D eigenvalue weighted by molar-refractivity contribution is -0.00933. The molecule has 1 aromatic rings. The number of nitrogens with zero attached hydrogens (tertiary/aromatic N) is 2. The summed E-state index contributed by atoms with van der Waals surface area (Å²) in [6.07, 6.45) is 3.00. The number of thiazole rings is 1. The van der Waals surface area contributed by atoms with Gasteiger partial charge in [-0.3, -0.25) is 0 Å². The minimum atomic E-state index is -0.546. The first kappa shape index (κ1) is 13.9. The van der Waals surface area contributed by atoms with E-state index < -0.39 is 5.60 Å². The van der Waals surface area contributed by atoms with Gasteiger partial charge in [-0.25, -0.2) is 4.98 Å². The van der Waals surface area contributed by atoms with Crippen LogP contribution in [0.4, 0.5) is 0 Å². The van der Waals surface area contributed by atoms with Crippen molar-refractivity contribution in [3.8, 4) is 0 Å². The van der Waals surface area contributed by atoms with Gasteiger partial charge in [0.1, 0.15) is 0 Å². The first-order chi connectivity index (χ1) is 8.59. The third kappa shape index (κ3) is 3.75. The lowest BCUT2D eigenvalue weighted by Crippen LogP contribution is -2.52. The lowest BCUT2D eigenvalue weighted by atomic mass is 9.93. The van der Waals surface area contributed by atoms with Gasteiger partial charge in [0, 0.05) is 24.5 Å². The maximum Gasteiger partial charge on any atom is 0.0897 e. The highest BCUT2D eigenvalue weighted by molar-refractivity contribution is 7.09. The van der Waals surface area contributed by atoms with Gasteiger partial charge >= 0.3 is 0 Å². The normalized spacial score (nSPS) is 24.7. The fourth-order valence-corrected chi connectivity index (χ4v) is 3.30. The van der Waals surface area contributed by atoms with Gasteiger partial charge in [-0.15, -0.1) is 11.3 Å². The Balaban J connectivity index is 1.78. The number of likely N-dealkylation sites (N-methyl/N-ethyl adjacent to an activating group) is 1. The van der Waals surface area contributed by atoms with E-state index in [1.165, 1.54) is 4.88 Å². The Morgan fingerprint density at radius 3 is 3.06 bits per heavy atom. The summed E-state index contributed by atoms with van der Waals surface area (Å²) in [6.45, 7) is 5.54. The largest absolute Gasteiger partial charge is 0.387 e. The van der Waals surface area contributed by atoms with Crippen LogP contribution in [0.1, 0.15) is 23.4 Å². The molecule has 4 nitrogen and oxygen atoms in total. The number of nitrogens with one attached hydrogen (secondary N) is 1. The van der Waals surface area contributed by atoms with E-state index in [1.54, 1.807) is 11.3 Å². The number of β-amino-alcohol motifs (C(OH)–C–C–N with tert-alkyl or cyclic N) is 1. The van der Waals surface area contributed by atoms with Crippen LogP contribution in [0.3, 0.4) is 0 Å². The molecular formula is C13H23N3OS. The van der Waals surface area contributed by atoms with Gasteiger partial charge in [0.25, 0.3) is 0 Å². The molecule has 1 aliphatic rings. The number of hydrogen-bond donors (Lipinski definition) is 2. The standard InChI is InChI=1S/C13H23N3OS/c1-11-12(18-10-15-11)4-7-16(2)9-13(17)5-3-6-14-8-13/h10,14,17H,3-9H2,1-2H3/t13-/m0/s1. The van der Waals surface area contributed by atoms with Crippen LogP contribution in [0.5, 0.6) is 0 Å². The molecule has 1 aromatic heterocycles. The van der Waals surface area contributed by atoms with Crippen LogP contribution in [-0.2, 0) is 6.42 Å². The molecule has 0 unspecified atom stereocenters. The molecule has 5 heteroatoms. The summed E-state index contributed by atoms with van der Waals surface area (Å²) in [5, 5.41) is 13.7. The lowest BCUT2D eigenvalue weighted by Gasteiger charge is -2.36. The number of aliphatic hydroxyl groups is 1. The monoisotopic (exact) mass is 269 g/mol. The van der Waals surface area contributed by atoms with E-state index >= 15 is 0 Å². The molecule has 102 valence electrons. The molecule has 1 saturated heterocycles. The number of rotatable bonds is 5. The summed E-state index contributed by atoms with van der Waals surface area (Å²) in [4.78, 5) is 7.85. The Labute approximate surface area is 113 Å². The zero-order valence-electron chi connectivity index (χ0n) is 11.3. The van der Waals surface area contributed by atoms with Gasteiger partial charge in [0.15, 0.2) is 0 Å². The van der Waals surface area contributed by atoms with Crippen LogP contribution in [0.2, 0.25) is 0 Å². The van der Waals surface area contributed by atoms with E-state index in [9.17, 15) is 5.11 Å². The third-order valence-electron chi connectivity index (χ3n) is 3.58. The van der Waals surface area contributed by atoms with Crippen molar-refractivity contribution in [3.63, 3.8) is 0 Å². The molecule has 0 aliphatic carbocycles. The molecule has 18 heavy (non-hydrogen) atoms. The van der Waals surface area contributed by atoms with Gasteiger partial charge in [-0.1, -0.05) is 0 Å². The van der Waals surface area contributed by atoms with E-state index in [0.717, 1.165) is 51.1 Å². The van der Waals surface area contributed by atoms with E-state index in [0.29, 0.717) is 0 Å². The van der Waals surface area contributed by atoms with Crippen molar-refractivity contribution in [1.82, 2.24) is 15.2 Å². The second-order valence-corrected chi connectivity index (χ2v) is 6.29. The molecule has 1 fully saturated rings. The number of aryl methyl sites for hydroxylation is 1. The van der Waals surface area contributed by atoms with Crippen LogP contribution >= 0.6 is 11.3 Å². The number of piperidine rings is 1. The van der Waals surface area contributed by atoms with Crippen LogP contribution < -0.4 is 5.32 Å². The first-order valence-corrected chi connectivity index (χ1v) is 7.48. The SMILES string of the molecule is Cc1ncsc1CCN(C)C[C@]1(O)CCCNC1. The van der Waals surface area contributed by atoms with Crippen molar-refractivity contribution >= 4 is 11.3 Å². The van der Waals surface area contributed by atoms with Crippen molar-refractivity contribution in [3.05, 3.63) is 16.1 Å². The molecule has 2 rings (SSSR count). The van der Waals surface area contributed by atoms with Crippen molar-refractivity contribution in [2.24, 2.45) is 0 Å².